The van der Waals surface area contributed by atoms with E-state index in [1.165, 1.54) is 0 Å². The van der Waals surface area contributed by atoms with E-state index in [-0.39, 0.29) is 5.76 Å². The molecule has 20 heavy (non-hydrogen) atoms. The number of nitrogens with zero attached hydrogens (tertiary/aromatic N) is 3. The molecule has 0 unspecified atom stereocenters. The van der Waals surface area contributed by atoms with Crippen LogP contribution in [0.2, 0.25) is 0 Å². The second-order valence-corrected chi connectivity index (χ2v) is 4.62. The summed E-state index contributed by atoms with van der Waals surface area (Å²) in [5.41, 5.74) is 3.43. The van der Waals surface area contributed by atoms with Gasteiger partial charge in [0.05, 0.1) is 22.6 Å². The predicted octanol–water partition coefficient (Wildman–Crippen LogP) is 3.48. The summed E-state index contributed by atoms with van der Waals surface area (Å²) in [4.78, 5) is 10.9. The Balaban J connectivity index is 2.17. The summed E-state index contributed by atoms with van der Waals surface area (Å²) >= 11 is 0. The average Bonchev–Trinajstić information content (AvgIpc) is 2.48. The minimum atomic E-state index is 0.265. The third-order valence-electron chi connectivity index (χ3n) is 3.37. The van der Waals surface area contributed by atoms with Crippen molar-refractivity contribution in [1.82, 2.24) is 9.97 Å². The Hall–Kier alpha value is -2.62. The highest BCUT2D eigenvalue weighted by atomic mass is 16.3. The molecule has 0 fully saturated rings. The maximum Gasteiger partial charge on any atom is 0.145 e. The van der Waals surface area contributed by atoms with Gasteiger partial charge in [0, 0.05) is 12.7 Å². The van der Waals surface area contributed by atoms with E-state index in [1.54, 1.807) is 18.3 Å². The first kappa shape index (κ1) is 12.4. The zero-order valence-corrected chi connectivity index (χ0v) is 11.2. The van der Waals surface area contributed by atoms with Crippen LogP contribution in [0, 0.1) is 6.92 Å². The van der Waals surface area contributed by atoms with Gasteiger partial charge in [0.15, 0.2) is 0 Å². The first-order valence-electron chi connectivity index (χ1n) is 6.43. The maximum absolute atomic E-state index is 10.0. The molecule has 4 heteroatoms. The first-order valence-corrected chi connectivity index (χ1v) is 6.43. The molecule has 0 bridgehead atoms. The van der Waals surface area contributed by atoms with Crippen LogP contribution in [0.5, 0.6) is 0 Å². The summed E-state index contributed by atoms with van der Waals surface area (Å²) < 4.78 is 0. The van der Waals surface area contributed by atoms with Crippen LogP contribution in [-0.2, 0) is 0 Å². The summed E-state index contributed by atoms with van der Waals surface area (Å²) in [7, 11) is 0. The zero-order chi connectivity index (χ0) is 14.1. The van der Waals surface area contributed by atoms with Crippen LogP contribution in [0.15, 0.2) is 43.1 Å². The van der Waals surface area contributed by atoms with Gasteiger partial charge in [0.25, 0.3) is 0 Å². The summed E-state index contributed by atoms with van der Waals surface area (Å²) in [5, 5.41) is 10.0. The molecule has 4 nitrogen and oxygen atoms in total. The van der Waals surface area contributed by atoms with Gasteiger partial charge in [-0.25, -0.2) is 4.98 Å². The topological polar surface area (TPSA) is 49.2 Å². The Morgan fingerprint density at radius 3 is 2.95 bits per heavy atom. The Morgan fingerprint density at radius 2 is 2.20 bits per heavy atom. The lowest BCUT2D eigenvalue weighted by Crippen LogP contribution is -2.24. The van der Waals surface area contributed by atoms with Gasteiger partial charge in [-0.15, -0.1) is 0 Å². The van der Waals surface area contributed by atoms with Crippen LogP contribution in [0.25, 0.3) is 11.8 Å². The van der Waals surface area contributed by atoms with E-state index >= 15 is 0 Å². The van der Waals surface area contributed by atoms with Gasteiger partial charge in [-0.2, -0.15) is 0 Å². The molecule has 0 amide bonds. The number of aliphatic hydroxyl groups is 1. The standard InChI is InChI=1S/C16H15N3O/c1-3-12-6-7-13-15(20)8-10-19(16(13)18-12)14-5-4-9-17-11(14)2/h3-9,20H,1,10H2,2H3. The summed E-state index contributed by atoms with van der Waals surface area (Å²) in [6.07, 6.45) is 5.25. The van der Waals surface area contributed by atoms with Crippen LogP contribution >= 0.6 is 0 Å². The molecule has 0 radical (unpaired) electrons. The summed E-state index contributed by atoms with van der Waals surface area (Å²) in [5.74, 6) is 0.999. The smallest absolute Gasteiger partial charge is 0.145 e. The van der Waals surface area contributed by atoms with Crippen LogP contribution < -0.4 is 4.90 Å². The number of aromatic nitrogens is 2. The Morgan fingerprint density at radius 1 is 1.35 bits per heavy atom. The van der Waals surface area contributed by atoms with Crippen molar-refractivity contribution in [2.75, 3.05) is 11.4 Å². The molecule has 0 aliphatic carbocycles. The van der Waals surface area contributed by atoms with Crippen LogP contribution in [-0.4, -0.2) is 21.6 Å². The van der Waals surface area contributed by atoms with Crippen LogP contribution in [0.3, 0.4) is 0 Å². The van der Waals surface area contributed by atoms with Gasteiger partial charge in [-0.1, -0.05) is 6.58 Å². The normalized spacial score (nSPS) is 13.7. The number of hydrogen-bond acceptors (Lipinski definition) is 4. The van der Waals surface area contributed by atoms with E-state index in [0.29, 0.717) is 6.54 Å². The van der Waals surface area contributed by atoms with Crippen molar-refractivity contribution in [3.63, 3.8) is 0 Å². The van der Waals surface area contributed by atoms with Crippen molar-refractivity contribution in [1.29, 1.82) is 0 Å². The summed E-state index contributed by atoms with van der Waals surface area (Å²) in [6.45, 7) is 6.27. The van der Waals surface area contributed by atoms with Crippen molar-refractivity contribution >= 4 is 23.3 Å². The van der Waals surface area contributed by atoms with Crippen molar-refractivity contribution in [3.8, 4) is 0 Å². The SMILES string of the molecule is C=Cc1ccc2c(n1)N(c1cccnc1C)CC=C2O. The highest BCUT2D eigenvalue weighted by Gasteiger charge is 2.22. The molecule has 0 spiro atoms. The molecule has 1 aliphatic rings. The van der Waals surface area contributed by atoms with E-state index in [2.05, 4.69) is 16.5 Å². The predicted molar refractivity (Wildman–Crippen MR) is 80.9 cm³/mol. The molecule has 0 saturated carbocycles. The van der Waals surface area contributed by atoms with Crippen LogP contribution in [0.4, 0.5) is 11.5 Å². The van der Waals surface area contributed by atoms with Crippen molar-refractivity contribution in [2.24, 2.45) is 0 Å². The lowest BCUT2D eigenvalue weighted by Gasteiger charge is -2.29. The molecule has 0 atom stereocenters. The highest BCUT2D eigenvalue weighted by molar-refractivity contribution is 5.79. The summed E-state index contributed by atoms with van der Waals surface area (Å²) in [6, 6.07) is 7.61. The molecule has 0 saturated heterocycles. The second kappa shape index (κ2) is 4.81. The minimum absolute atomic E-state index is 0.265. The fourth-order valence-electron chi connectivity index (χ4n) is 2.33. The van der Waals surface area contributed by atoms with Gasteiger partial charge >= 0.3 is 0 Å². The highest BCUT2D eigenvalue weighted by Crippen LogP contribution is 2.34. The molecular formula is C16H15N3O. The first-order chi connectivity index (χ1) is 9.70. The molecule has 0 aromatic carbocycles. The van der Waals surface area contributed by atoms with E-state index < -0.39 is 0 Å². The zero-order valence-electron chi connectivity index (χ0n) is 11.2. The van der Waals surface area contributed by atoms with Crippen molar-refractivity contribution < 1.29 is 5.11 Å². The van der Waals surface area contributed by atoms with Gasteiger partial charge in [-0.05, 0) is 43.3 Å². The molecule has 2 aromatic rings. The number of aryl methyl sites for hydroxylation is 1. The fraction of sp³-hybridized carbons (Fsp3) is 0.125. The largest absolute Gasteiger partial charge is 0.507 e. The number of fused-ring (bicyclic) bond motifs is 1. The molecule has 2 aromatic heterocycles. The van der Waals surface area contributed by atoms with E-state index in [4.69, 9.17) is 0 Å². The van der Waals surface area contributed by atoms with E-state index in [9.17, 15) is 5.11 Å². The van der Waals surface area contributed by atoms with Crippen molar-refractivity contribution in [3.05, 3.63) is 60.1 Å². The maximum atomic E-state index is 10.0. The van der Waals surface area contributed by atoms with Gasteiger partial charge in [-0.3, -0.25) is 4.98 Å². The van der Waals surface area contributed by atoms with E-state index in [0.717, 1.165) is 28.5 Å². The molecule has 1 aliphatic heterocycles. The average molecular weight is 265 g/mol. The molecule has 1 N–H and O–H groups in total. The van der Waals surface area contributed by atoms with Gasteiger partial charge < -0.3 is 10.0 Å². The Labute approximate surface area is 117 Å². The number of aliphatic hydroxyl groups excluding tert-OH is 1. The molecular weight excluding hydrogens is 250 g/mol. The minimum Gasteiger partial charge on any atom is -0.507 e. The lowest BCUT2D eigenvalue weighted by atomic mass is 10.1. The van der Waals surface area contributed by atoms with Crippen LogP contribution in [0.1, 0.15) is 17.0 Å². The monoisotopic (exact) mass is 265 g/mol. The Kier molecular flexibility index (Phi) is 2.99. The molecule has 100 valence electrons. The van der Waals surface area contributed by atoms with Gasteiger partial charge in [0.2, 0.25) is 0 Å². The van der Waals surface area contributed by atoms with E-state index in [1.807, 2.05) is 36.1 Å². The number of pyridine rings is 2. The fourth-order valence-corrected chi connectivity index (χ4v) is 2.33. The second-order valence-electron chi connectivity index (χ2n) is 4.62. The third-order valence-corrected chi connectivity index (χ3v) is 3.37. The number of hydrogen-bond donors (Lipinski definition) is 1. The quantitative estimate of drug-likeness (QED) is 0.903. The van der Waals surface area contributed by atoms with Crippen molar-refractivity contribution in [2.45, 2.75) is 6.92 Å². The Bertz CT molecular complexity index is 707. The van der Waals surface area contributed by atoms with Gasteiger partial charge in [0.1, 0.15) is 11.6 Å². The third kappa shape index (κ3) is 1.95. The number of anilines is 2. The molecule has 3 rings (SSSR count). The molecule has 3 heterocycles. The lowest BCUT2D eigenvalue weighted by molar-refractivity contribution is 0.507. The number of rotatable bonds is 2.